The number of hydrogen-bond acceptors (Lipinski definition) is 2. The molecule has 1 atom stereocenters. The summed E-state index contributed by atoms with van der Waals surface area (Å²) in [4.78, 5) is 11.6. The fraction of sp³-hybridized carbons (Fsp3) is 0.522. The van der Waals surface area contributed by atoms with Gasteiger partial charge in [0.15, 0.2) is 0 Å². The highest BCUT2D eigenvalue weighted by Gasteiger charge is 2.28. The van der Waals surface area contributed by atoms with Gasteiger partial charge < -0.3 is 10.1 Å². The lowest BCUT2D eigenvalue weighted by molar-refractivity contribution is -0.114. The lowest BCUT2D eigenvalue weighted by atomic mass is 9.93. The van der Waals surface area contributed by atoms with E-state index in [1.54, 1.807) is 6.92 Å². The Labute approximate surface area is 158 Å². The van der Waals surface area contributed by atoms with Crippen LogP contribution < -0.4 is 10.1 Å². The summed E-state index contributed by atoms with van der Waals surface area (Å²) < 4.78 is 6.40. The number of unbranched alkanes of at least 4 members (excludes halogenated alkanes) is 2. The number of ether oxygens (including phenoxy) is 1. The van der Waals surface area contributed by atoms with Gasteiger partial charge >= 0.3 is 0 Å². The van der Waals surface area contributed by atoms with Crippen molar-refractivity contribution >= 4 is 17.7 Å². The molecule has 0 bridgehead atoms. The van der Waals surface area contributed by atoms with Crippen LogP contribution in [0.25, 0.3) is 6.08 Å². The summed E-state index contributed by atoms with van der Waals surface area (Å²) >= 11 is 0. The van der Waals surface area contributed by atoms with Crippen LogP contribution >= 0.6 is 0 Å². The molecule has 1 aliphatic heterocycles. The number of rotatable bonds is 8. The van der Waals surface area contributed by atoms with Crippen molar-refractivity contribution in [1.29, 1.82) is 0 Å². The highest BCUT2D eigenvalue weighted by atomic mass is 16.5. The first-order chi connectivity index (χ1) is 12.3. The van der Waals surface area contributed by atoms with Gasteiger partial charge in [-0.15, -0.1) is 0 Å². The summed E-state index contributed by atoms with van der Waals surface area (Å²) in [5.41, 5.74) is 4.07. The van der Waals surface area contributed by atoms with Gasteiger partial charge in [0.2, 0.25) is 5.91 Å². The molecule has 0 saturated carbocycles. The minimum atomic E-state index is -0.311. The smallest absolute Gasteiger partial charge is 0.221 e. The Bertz CT molecular complexity index is 698. The highest BCUT2D eigenvalue weighted by Crippen LogP contribution is 2.39. The zero-order valence-corrected chi connectivity index (χ0v) is 16.9. The summed E-state index contributed by atoms with van der Waals surface area (Å²) in [5, 5.41) is 2.97. The van der Waals surface area contributed by atoms with Crippen molar-refractivity contribution in [2.24, 2.45) is 0 Å². The number of carbonyl (C=O) groups excluding carboxylic acids is 1. The molecule has 3 heteroatoms. The van der Waals surface area contributed by atoms with Crippen LogP contribution in [0.5, 0.6) is 5.75 Å². The molecule has 1 aliphatic rings. The predicted molar refractivity (Wildman–Crippen MR) is 111 cm³/mol. The van der Waals surface area contributed by atoms with Crippen molar-refractivity contribution in [3.8, 4) is 5.75 Å². The van der Waals surface area contributed by atoms with E-state index in [1.165, 1.54) is 24.0 Å². The number of benzene rings is 1. The van der Waals surface area contributed by atoms with E-state index in [9.17, 15) is 4.79 Å². The fourth-order valence-corrected chi connectivity index (χ4v) is 3.28. The Balaban J connectivity index is 2.26. The van der Waals surface area contributed by atoms with Crippen molar-refractivity contribution < 1.29 is 9.53 Å². The summed E-state index contributed by atoms with van der Waals surface area (Å²) in [6.45, 7) is 10.1. The lowest BCUT2D eigenvalue weighted by Crippen LogP contribution is -2.32. The van der Waals surface area contributed by atoms with Crippen molar-refractivity contribution in [3.05, 3.63) is 41.0 Å². The molecular weight excluding hydrogens is 322 g/mol. The molecule has 1 N–H and O–H groups in total. The van der Waals surface area contributed by atoms with Gasteiger partial charge in [-0.1, -0.05) is 31.4 Å². The second kappa shape index (κ2) is 9.07. The molecule has 0 spiro atoms. The summed E-state index contributed by atoms with van der Waals surface area (Å²) in [5.74, 6) is 0.827. The molecule has 0 saturated heterocycles. The van der Waals surface area contributed by atoms with Gasteiger partial charge in [-0.3, -0.25) is 4.79 Å². The number of fused-ring (bicyclic) bond motifs is 1. The molecular formula is C23H33NO2. The topological polar surface area (TPSA) is 38.3 Å². The first-order valence-corrected chi connectivity index (χ1v) is 9.79. The standard InChI is InChI=1S/C23H33NO2/c1-6-7-8-11-19-15-21(24-18(4)25)20-12-14-23(5,26-22(20)16-19)13-9-10-17(2)3/h10,12,14-16H,6-9,11,13H2,1-5H3,(H,24,25). The highest BCUT2D eigenvalue weighted by molar-refractivity contribution is 5.92. The third-order valence-electron chi connectivity index (χ3n) is 4.72. The third-order valence-corrected chi connectivity index (χ3v) is 4.72. The van der Waals surface area contributed by atoms with Gasteiger partial charge in [0.25, 0.3) is 0 Å². The average Bonchev–Trinajstić information content (AvgIpc) is 2.53. The molecule has 1 amide bonds. The first kappa shape index (κ1) is 20.3. The minimum Gasteiger partial charge on any atom is -0.483 e. The molecule has 0 aliphatic carbocycles. The maximum Gasteiger partial charge on any atom is 0.221 e. The van der Waals surface area contributed by atoms with Crippen LogP contribution in [0, 0.1) is 0 Å². The lowest BCUT2D eigenvalue weighted by Gasteiger charge is -2.32. The van der Waals surface area contributed by atoms with E-state index < -0.39 is 0 Å². The Morgan fingerprint density at radius 2 is 2.00 bits per heavy atom. The molecule has 2 rings (SSSR count). The molecule has 142 valence electrons. The predicted octanol–water partition coefficient (Wildman–Crippen LogP) is 6.29. The second-order valence-electron chi connectivity index (χ2n) is 7.76. The number of carbonyl (C=O) groups is 1. The van der Waals surface area contributed by atoms with E-state index in [0.29, 0.717) is 0 Å². The minimum absolute atomic E-state index is 0.0526. The number of aryl methyl sites for hydroxylation is 1. The number of amides is 1. The van der Waals surface area contributed by atoms with Crippen LogP contribution in [0.4, 0.5) is 5.69 Å². The van der Waals surface area contributed by atoms with Gasteiger partial charge in [0.05, 0.1) is 5.69 Å². The maximum absolute atomic E-state index is 11.6. The maximum atomic E-state index is 11.6. The number of hydrogen-bond donors (Lipinski definition) is 1. The van der Waals surface area contributed by atoms with Crippen LogP contribution in [0.2, 0.25) is 0 Å². The third kappa shape index (κ3) is 5.76. The normalized spacial score (nSPS) is 18.0. The SMILES string of the molecule is CCCCCc1cc(NC(C)=O)c2c(c1)OC(C)(CCC=C(C)C)C=C2. The van der Waals surface area contributed by atoms with E-state index in [4.69, 9.17) is 4.74 Å². The van der Waals surface area contributed by atoms with Crippen LogP contribution in [0.3, 0.4) is 0 Å². The average molecular weight is 356 g/mol. The number of allylic oxidation sites excluding steroid dienone is 2. The van der Waals surface area contributed by atoms with Crippen molar-refractivity contribution in [1.82, 2.24) is 0 Å². The van der Waals surface area contributed by atoms with Crippen molar-refractivity contribution in [2.75, 3.05) is 5.32 Å². The largest absolute Gasteiger partial charge is 0.483 e. The Morgan fingerprint density at radius 1 is 1.23 bits per heavy atom. The first-order valence-electron chi connectivity index (χ1n) is 9.79. The van der Waals surface area contributed by atoms with Crippen molar-refractivity contribution in [3.63, 3.8) is 0 Å². The summed E-state index contributed by atoms with van der Waals surface area (Å²) in [6.07, 6.45) is 13.0. The second-order valence-corrected chi connectivity index (χ2v) is 7.76. The van der Waals surface area contributed by atoms with Crippen LogP contribution in [-0.2, 0) is 11.2 Å². The van der Waals surface area contributed by atoms with Gasteiger partial charge in [0, 0.05) is 12.5 Å². The number of nitrogens with one attached hydrogen (secondary N) is 1. The molecule has 3 nitrogen and oxygen atoms in total. The molecule has 1 aromatic rings. The molecule has 0 fully saturated rings. The Morgan fingerprint density at radius 3 is 2.65 bits per heavy atom. The zero-order valence-electron chi connectivity index (χ0n) is 16.9. The molecule has 1 heterocycles. The van der Waals surface area contributed by atoms with Gasteiger partial charge in [-0.25, -0.2) is 0 Å². The Kier molecular flexibility index (Phi) is 7.07. The van der Waals surface area contributed by atoms with E-state index >= 15 is 0 Å². The van der Waals surface area contributed by atoms with E-state index in [1.807, 2.05) is 0 Å². The molecule has 1 aromatic carbocycles. The number of anilines is 1. The molecule has 0 radical (unpaired) electrons. The summed E-state index contributed by atoms with van der Waals surface area (Å²) in [7, 11) is 0. The fourth-order valence-electron chi connectivity index (χ4n) is 3.28. The van der Waals surface area contributed by atoms with Gasteiger partial charge in [0.1, 0.15) is 11.4 Å². The van der Waals surface area contributed by atoms with Crippen LogP contribution in [0.1, 0.15) is 77.8 Å². The zero-order chi connectivity index (χ0) is 19.2. The van der Waals surface area contributed by atoms with E-state index in [2.05, 4.69) is 63.4 Å². The van der Waals surface area contributed by atoms with Gasteiger partial charge in [-0.05, 0) is 76.3 Å². The van der Waals surface area contributed by atoms with Gasteiger partial charge in [-0.2, -0.15) is 0 Å². The summed E-state index contributed by atoms with van der Waals surface area (Å²) in [6, 6.07) is 4.24. The molecule has 26 heavy (non-hydrogen) atoms. The van der Waals surface area contributed by atoms with E-state index in [-0.39, 0.29) is 11.5 Å². The monoisotopic (exact) mass is 355 g/mol. The molecule has 1 unspecified atom stereocenters. The van der Waals surface area contributed by atoms with Crippen molar-refractivity contribution in [2.45, 2.75) is 78.7 Å². The van der Waals surface area contributed by atoms with Crippen LogP contribution in [0.15, 0.2) is 29.9 Å². The molecule has 0 aromatic heterocycles. The van der Waals surface area contributed by atoms with E-state index in [0.717, 1.165) is 42.7 Å². The quantitative estimate of drug-likeness (QED) is 0.439. The Hall–Kier alpha value is -2.03. The van der Waals surface area contributed by atoms with Crippen LogP contribution in [-0.4, -0.2) is 11.5 Å².